The van der Waals surface area contributed by atoms with Crippen molar-refractivity contribution >= 4 is 17.4 Å². The fraction of sp³-hybridized carbons (Fsp3) is 0.222. The van der Waals surface area contributed by atoms with E-state index in [9.17, 15) is 4.79 Å². The third-order valence-corrected chi connectivity index (χ3v) is 1.74. The number of nitrogens with two attached hydrogens (primary N) is 1. The molecular weight excluding hydrogens is 182 g/mol. The van der Waals surface area contributed by atoms with Gasteiger partial charge in [0.25, 0.3) is 0 Å². The van der Waals surface area contributed by atoms with Crippen molar-refractivity contribution in [2.75, 3.05) is 25.2 Å². The molecule has 0 aromatic heterocycles. The molecule has 4 N–H and O–H groups in total. The summed E-state index contributed by atoms with van der Waals surface area (Å²) in [5, 5.41) is 5.01. The zero-order chi connectivity index (χ0) is 10.6. The van der Waals surface area contributed by atoms with Gasteiger partial charge in [0, 0.05) is 13.1 Å². The summed E-state index contributed by atoms with van der Waals surface area (Å²) in [5.41, 5.74) is 6.68. The normalized spacial score (nSPS) is 9.29. The predicted molar refractivity (Wildman–Crippen MR) is 55.5 cm³/mol. The molecule has 0 bridgehead atoms. The lowest BCUT2D eigenvalue weighted by atomic mass is 10.2. The molecule has 0 radical (unpaired) electrons. The summed E-state index contributed by atoms with van der Waals surface area (Å²) in [6, 6.07) is 4.74. The molecule has 0 aliphatic rings. The molecule has 14 heavy (non-hydrogen) atoms. The Morgan fingerprint density at radius 1 is 1.50 bits per heavy atom. The summed E-state index contributed by atoms with van der Waals surface area (Å²) in [7, 11) is 3.08. The van der Waals surface area contributed by atoms with Crippen LogP contribution in [0.4, 0.5) is 16.2 Å². The number of anilines is 2. The first kappa shape index (κ1) is 10.2. The van der Waals surface area contributed by atoms with Crippen LogP contribution in [0.25, 0.3) is 0 Å². The van der Waals surface area contributed by atoms with Crippen LogP contribution < -0.4 is 21.1 Å². The number of amides is 2. The summed E-state index contributed by atoms with van der Waals surface area (Å²) in [5.74, 6) is 0.644. The minimum Gasteiger partial charge on any atom is -0.497 e. The molecule has 1 rings (SSSR count). The molecule has 1 aromatic carbocycles. The van der Waals surface area contributed by atoms with Gasteiger partial charge in [0.2, 0.25) is 0 Å². The Morgan fingerprint density at radius 3 is 2.79 bits per heavy atom. The number of rotatable bonds is 2. The Labute approximate surface area is 82.2 Å². The van der Waals surface area contributed by atoms with Crippen molar-refractivity contribution < 1.29 is 9.53 Å². The molecule has 0 unspecified atom stereocenters. The minimum absolute atomic E-state index is 0.315. The predicted octanol–water partition coefficient (Wildman–Crippen LogP) is 1.03. The van der Waals surface area contributed by atoms with Gasteiger partial charge in [-0.25, -0.2) is 4.79 Å². The van der Waals surface area contributed by atoms with Gasteiger partial charge in [0.1, 0.15) is 5.75 Å². The average Bonchev–Trinajstić information content (AvgIpc) is 2.21. The van der Waals surface area contributed by atoms with Crippen LogP contribution in [-0.2, 0) is 0 Å². The van der Waals surface area contributed by atoms with Crippen LogP contribution in [0.1, 0.15) is 0 Å². The quantitative estimate of drug-likeness (QED) is 0.617. The molecule has 1 aromatic rings. The van der Waals surface area contributed by atoms with Crippen molar-refractivity contribution in [2.45, 2.75) is 0 Å². The van der Waals surface area contributed by atoms with Gasteiger partial charge < -0.3 is 21.1 Å². The third kappa shape index (κ3) is 2.29. The Balaban J connectivity index is 2.89. The number of benzene rings is 1. The fourth-order valence-electron chi connectivity index (χ4n) is 0.955. The summed E-state index contributed by atoms with van der Waals surface area (Å²) < 4.78 is 5.00. The maximum absolute atomic E-state index is 11.0. The fourth-order valence-corrected chi connectivity index (χ4v) is 0.955. The number of ether oxygens (including phenoxy) is 1. The Morgan fingerprint density at radius 2 is 2.21 bits per heavy atom. The van der Waals surface area contributed by atoms with Gasteiger partial charge in [-0.1, -0.05) is 0 Å². The minimum atomic E-state index is -0.315. The molecular formula is C9H13N3O2. The first-order valence-corrected chi connectivity index (χ1v) is 4.09. The van der Waals surface area contributed by atoms with Gasteiger partial charge in [-0.2, -0.15) is 0 Å². The molecule has 0 heterocycles. The largest absolute Gasteiger partial charge is 0.497 e. The van der Waals surface area contributed by atoms with E-state index in [0.29, 0.717) is 17.1 Å². The van der Waals surface area contributed by atoms with Crippen LogP contribution in [0.5, 0.6) is 5.75 Å². The molecule has 5 nitrogen and oxygen atoms in total. The number of hydrogen-bond donors (Lipinski definition) is 3. The van der Waals surface area contributed by atoms with Crippen molar-refractivity contribution in [3.05, 3.63) is 18.2 Å². The number of hydrogen-bond acceptors (Lipinski definition) is 3. The van der Waals surface area contributed by atoms with Crippen LogP contribution in [0.3, 0.4) is 0 Å². The van der Waals surface area contributed by atoms with E-state index in [1.807, 2.05) is 0 Å². The zero-order valence-corrected chi connectivity index (χ0v) is 8.13. The Bertz CT molecular complexity index is 339. The maximum atomic E-state index is 11.0. The molecule has 0 fully saturated rings. The molecule has 0 spiro atoms. The molecule has 2 amide bonds. The van der Waals surface area contributed by atoms with Gasteiger partial charge in [0.05, 0.1) is 18.5 Å². The first-order valence-electron chi connectivity index (χ1n) is 4.09. The number of carbonyl (C=O) groups excluding carboxylic acids is 1. The molecule has 5 heteroatoms. The lowest BCUT2D eigenvalue weighted by molar-refractivity contribution is 0.254. The third-order valence-electron chi connectivity index (χ3n) is 1.74. The molecule has 76 valence electrons. The second-order valence-corrected chi connectivity index (χ2v) is 2.66. The SMILES string of the molecule is CNC(=O)Nc1cc(OC)ccc1N. The van der Waals surface area contributed by atoms with E-state index in [-0.39, 0.29) is 6.03 Å². The van der Waals surface area contributed by atoms with Gasteiger partial charge in [0.15, 0.2) is 0 Å². The monoisotopic (exact) mass is 195 g/mol. The number of urea groups is 1. The molecule has 0 saturated carbocycles. The highest BCUT2D eigenvalue weighted by molar-refractivity contribution is 5.92. The van der Waals surface area contributed by atoms with Gasteiger partial charge in [-0.05, 0) is 12.1 Å². The molecule has 0 aliphatic carbocycles. The van der Waals surface area contributed by atoms with E-state index in [1.54, 1.807) is 25.3 Å². The smallest absolute Gasteiger partial charge is 0.319 e. The Hall–Kier alpha value is -1.91. The van der Waals surface area contributed by atoms with Gasteiger partial charge >= 0.3 is 6.03 Å². The van der Waals surface area contributed by atoms with Crippen LogP contribution in [-0.4, -0.2) is 20.2 Å². The second kappa shape index (κ2) is 4.36. The number of carbonyl (C=O) groups is 1. The second-order valence-electron chi connectivity index (χ2n) is 2.66. The van der Waals surface area contributed by atoms with Crippen molar-refractivity contribution in [1.82, 2.24) is 5.32 Å². The summed E-state index contributed by atoms with van der Waals surface area (Å²) in [4.78, 5) is 11.0. The van der Waals surface area contributed by atoms with E-state index < -0.39 is 0 Å². The van der Waals surface area contributed by atoms with E-state index in [0.717, 1.165) is 0 Å². The van der Waals surface area contributed by atoms with Crippen molar-refractivity contribution in [2.24, 2.45) is 0 Å². The van der Waals surface area contributed by atoms with Crippen LogP contribution in [0, 0.1) is 0 Å². The Kier molecular flexibility index (Phi) is 3.17. The van der Waals surface area contributed by atoms with Gasteiger partial charge in [-0.15, -0.1) is 0 Å². The van der Waals surface area contributed by atoms with E-state index in [2.05, 4.69) is 10.6 Å². The summed E-state index contributed by atoms with van der Waals surface area (Å²) >= 11 is 0. The van der Waals surface area contributed by atoms with E-state index >= 15 is 0 Å². The van der Waals surface area contributed by atoms with Crippen LogP contribution in [0.2, 0.25) is 0 Å². The average molecular weight is 195 g/mol. The molecule has 0 aliphatic heterocycles. The van der Waals surface area contributed by atoms with E-state index in [1.165, 1.54) is 7.05 Å². The lowest BCUT2D eigenvalue weighted by Crippen LogP contribution is -2.24. The lowest BCUT2D eigenvalue weighted by Gasteiger charge is -2.09. The van der Waals surface area contributed by atoms with Crippen molar-refractivity contribution in [1.29, 1.82) is 0 Å². The maximum Gasteiger partial charge on any atom is 0.319 e. The zero-order valence-electron chi connectivity index (χ0n) is 8.13. The standard InChI is InChI=1S/C9H13N3O2/c1-11-9(13)12-8-5-6(14-2)3-4-7(8)10/h3-5H,10H2,1-2H3,(H2,11,12,13). The number of nitrogen functional groups attached to an aromatic ring is 1. The van der Waals surface area contributed by atoms with Crippen LogP contribution >= 0.6 is 0 Å². The van der Waals surface area contributed by atoms with Crippen molar-refractivity contribution in [3.63, 3.8) is 0 Å². The van der Waals surface area contributed by atoms with E-state index in [4.69, 9.17) is 10.5 Å². The van der Waals surface area contributed by atoms with Crippen molar-refractivity contribution in [3.8, 4) is 5.75 Å². The highest BCUT2D eigenvalue weighted by Crippen LogP contribution is 2.23. The number of nitrogens with one attached hydrogen (secondary N) is 2. The number of methoxy groups -OCH3 is 1. The highest BCUT2D eigenvalue weighted by atomic mass is 16.5. The van der Waals surface area contributed by atoms with Gasteiger partial charge in [-0.3, -0.25) is 0 Å². The first-order chi connectivity index (χ1) is 6.67. The summed E-state index contributed by atoms with van der Waals surface area (Å²) in [6.07, 6.45) is 0. The van der Waals surface area contributed by atoms with Crippen LogP contribution in [0.15, 0.2) is 18.2 Å². The summed E-state index contributed by atoms with van der Waals surface area (Å²) in [6.45, 7) is 0. The highest BCUT2D eigenvalue weighted by Gasteiger charge is 2.04. The topological polar surface area (TPSA) is 76.4 Å². The molecule has 0 atom stereocenters. The molecule has 0 saturated heterocycles.